The topological polar surface area (TPSA) is 106 Å². The maximum absolute atomic E-state index is 14.7. The number of nitrogens with one attached hydrogen (secondary N) is 2. The maximum atomic E-state index is 14.7. The highest BCUT2D eigenvalue weighted by atomic mass is 19.4. The summed E-state index contributed by atoms with van der Waals surface area (Å²) in [6.07, 6.45) is 0.309. The fourth-order valence-electron chi connectivity index (χ4n) is 5.07. The summed E-state index contributed by atoms with van der Waals surface area (Å²) in [5.74, 6) is -0.462. The fourth-order valence-corrected chi connectivity index (χ4v) is 5.07. The number of piperidine rings is 1. The molecule has 1 saturated carbocycles. The van der Waals surface area contributed by atoms with Crippen molar-refractivity contribution >= 4 is 22.5 Å². The van der Waals surface area contributed by atoms with E-state index in [9.17, 15) is 22.4 Å². The van der Waals surface area contributed by atoms with Crippen LogP contribution in [0.15, 0.2) is 41.3 Å². The van der Waals surface area contributed by atoms with Crippen LogP contribution in [0.1, 0.15) is 41.7 Å². The number of anilines is 1. The molecule has 40 heavy (non-hydrogen) atoms. The van der Waals surface area contributed by atoms with Crippen LogP contribution >= 0.6 is 0 Å². The van der Waals surface area contributed by atoms with Crippen LogP contribution in [0.2, 0.25) is 0 Å². The highest BCUT2D eigenvalue weighted by Crippen LogP contribution is 2.36. The molecule has 0 unspecified atom stereocenters. The molecule has 2 N–H and O–H groups in total. The van der Waals surface area contributed by atoms with E-state index in [-0.39, 0.29) is 36.2 Å². The largest absolute Gasteiger partial charge is 0.406 e. The molecule has 0 bridgehead atoms. The number of hydrogen-bond acceptors (Lipinski definition) is 7. The lowest BCUT2D eigenvalue weighted by molar-refractivity contribution is -0.139. The number of fused-ring (bicyclic) bond motifs is 1. The van der Waals surface area contributed by atoms with E-state index < -0.39 is 30.8 Å². The van der Waals surface area contributed by atoms with Crippen molar-refractivity contribution < 1.29 is 26.9 Å². The molecule has 14 heteroatoms. The van der Waals surface area contributed by atoms with E-state index in [2.05, 4.69) is 25.8 Å². The van der Waals surface area contributed by atoms with Crippen LogP contribution in [-0.4, -0.2) is 73.6 Å². The minimum absolute atomic E-state index is 0.0266. The Morgan fingerprint density at radius 2 is 2.05 bits per heavy atom. The van der Waals surface area contributed by atoms with Crippen LogP contribution in [0.5, 0.6) is 0 Å². The number of benzene rings is 1. The molecule has 6 rings (SSSR count). The number of carbonyl (C=O) groups excluding carboxylic acids is 1. The van der Waals surface area contributed by atoms with Gasteiger partial charge in [-0.05, 0) is 44.5 Å². The first-order valence-corrected chi connectivity index (χ1v) is 13.1. The quantitative estimate of drug-likeness (QED) is 0.312. The van der Waals surface area contributed by atoms with E-state index in [1.807, 2.05) is 16.5 Å². The average molecular weight is 561 g/mol. The Morgan fingerprint density at radius 3 is 2.80 bits per heavy atom. The number of carbonyl (C=O) groups is 1. The summed E-state index contributed by atoms with van der Waals surface area (Å²) in [6, 6.07) is 6.38. The van der Waals surface area contributed by atoms with Gasteiger partial charge in [0.1, 0.15) is 18.4 Å². The van der Waals surface area contributed by atoms with Crippen molar-refractivity contribution in [1.29, 1.82) is 0 Å². The van der Waals surface area contributed by atoms with E-state index in [1.54, 1.807) is 36.8 Å². The van der Waals surface area contributed by atoms with Crippen LogP contribution in [0, 0.1) is 0 Å². The molecule has 4 aromatic rings. The van der Waals surface area contributed by atoms with E-state index in [0.29, 0.717) is 35.6 Å². The first-order valence-electron chi connectivity index (χ1n) is 13.1. The molecule has 3 aromatic heterocycles. The molecular weight excluding hydrogens is 532 g/mol. The van der Waals surface area contributed by atoms with Crippen LogP contribution in [0.25, 0.3) is 22.4 Å². The van der Waals surface area contributed by atoms with Crippen LogP contribution in [-0.2, 0) is 13.1 Å². The second kappa shape index (κ2) is 10.2. The Bertz CT molecular complexity index is 1520. The van der Waals surface area contributed by atoms with Gasteiger partial charge < -0.3 is 29.2 Å². The fraction of sp³-hybridized carbons (Fsp3) is 0.462. The molecule has 1 aliphatic carbocycles. The molecular formula is C26H28F4N8O2. The normalized spacial score (nSPS) is 20.2. The molecule has 10 nitrogen and oxygen atoms in total. The number of halogens is 4. The van der Waals surface area contributed by atoms with Gasteiger partial charge >= 0.3 is 6.18 Å². The molecule has 1 amide bonds. The molecule has 2 aliphatic rings. The lowest BCUT2D eigenvalue weighted by Gasteiger charge is -2.33. The third kappa shape index (κ3) is 5.53. The van der Waals surface area contributed by atoms with Gasteiger partial charge in [-0.2, -0.15) is 18.2 Å². The van der Waals surface area contributed by atoms with Crippen molar-refractivity contribution in [2.75, 3.05) is 25.5 Å². The van der Waals surface area contributed by atoms with Crippen molar-refractivity contribution in [3.63, 3.8) is 0 Å². The van der Waals surface area contributed by atoms with Gasteiger partial charge in [0.05, 0.1) is 30.1 Å². The molecule has 2 atom stereocenters. The minimum atomic E-state index is -4.52. The first kappa shape index (κ1) is 26.3. The summed E-state index contributed by atoms with van der Waals surface area (Å²) < 4.78 is 63.8. The Hall–Kier alpha value is -3.94. The average Bonchev–Trinajstić information content (AvgIpc) is 3.29. The molecule has 1 aliphatic heterocycles. The number of likely N-dealkylation sites (tertiary alicyclic amines) is 1. The third-order valence-corrected chi connectivity index (χ3v) is 7.27. The van der Waals surface area contributed by atoms with Gasteiger partial charge in [0.2, 0.25) is 11.7 Å². The lowest BCUT2D eigenvalue weighted by atomic mass is 10.0. The number of rotatable bonds is 8. The predicted molar refractivity (Wildman–Crippen MR) is 137 cm³/mol. The SMILES string of the molecule is CN1CC[C@@H](Nc2cccc3c2cc(-c2noc(CNC(=O)c4cn(C5CC5)cn4)n2)n3CC(F)(F)F)[C@@H](F)C1. The van der Waals surface area contributed by atoms with Crippen molar-refractivity contribution in [2.45, 2.75) is 56.8 Å². The molecule has 4 heterocycles. The first-order chi connectivity index (χ1) is 19.1. The molecule has 1 saturated heterocycles. The Balaban J connectivity index is 1.25. The second-order valence-electron chi connectivity index (χ2n) is 10.4. The highest BCUT2D eigenvalue weighted by Gasteiger charge is 2.32. The number of alkyl halides is 4. The van der Waals surface area contributed by atoms with E-state index in [1.165, 1.54) is 0 Å². The zero-order valence-corrected chi connectivity index (χ0v) is 21.7. The van der Waals surface area contributed by atoms with Crippen LogP contribution in [0.3, 0.4) is 0 Å². The zero-order valence-electron chi connectivity index (χ0n) is 21.7. The summed E-state index contributed by atoms with van der Waals surface area (Å²) in [6.45, 7) is -0.417. The van der Waals surface area contributed by atoms with E-state index in [4.69, 9.17) is 4.52 Å². The van der Waals surface area contributed by atoms with Crippen molar-refractivity contribution in [2.24, 2.45) is 0 Å². The molecule has 0 radical (unpaired) electrons. The van der Waals surface area contributed by atoms with Gasteiger partial charge in [-0.3, -0.25) is 4.79 Å². The van der Waals surface area contributed by atoms with Gasteiger partial charge in [0, 0.05) is 36.4 Å². The predicted octanol–water partition coefficient (Wildman–Crippen LogP) is 4.17. The monoisotopic (exact) mass is 560 g/mol. The van der Waals surface area contributed by atoms with Gasteiger partial charge in [0.15, 0.2) is 0 Å². The second-order valence-corrected chi connectivity index (χ2v) is 10.4. The van der Waals surface area contributed by atoms with Gasteiger partial charge in [-0.1, -0.05) is 11.2 Å². The standard InChI is InChI=1S/C26H28F4N8O2/c1-36-8-7-19(17(27)11-36)33-18-3-2-4-21-16(18)9-22(38(21)13-26(28,29)30)24-34-23(40-35-24)10-31-25(39)20-12-37(14-32-20)15-5-6-15/h2-4,9,12,14-15,17,19,33H,5-8,10-11,13H2,1H3,(H,31,39)/t17-,19+/m0/s1. The number of nitrogens with zero attached hydrogens (tertiary/aromatic N) is 6. The van der Waals surface area contributed by atoms with Crippen LogP contribution in [0.4, 0.5) is 23.2 Å². The van der Waals surface area contributed by atoms with Gasteiger partial charge in [0.25, 0.3) is 5.91 Å². The van der Waals surface area contributed by atoms with E-state index >= 15 is 0 Å². The lowest BCUT2D eigenvalue weighted by Crippen LogP contribution is -2.46. The van der Waals surface area contributed by atoms with E-state index in [0.717, 1.165) is 17.4 Å². The highest BCUT2D eigenvalue weighted by molar-refractivity contribution is 5.96. The number of amides is 1. The van der Waals surface area contributed by atoms with Crippen molar-refractivity contribution in [3.8, 4) is 11.5 Å². The Kier molecular flexibility index (Phi) is 6.72. The number of hydrogen-bond donors (Lipinski definition) is 2. The minimum Gasteiger partial charge on any atom is -0.379 e. The summed E-state index contributed by atoms with van der Waals surface area (Å²) in [5.41, 5.74) is 1.16. The van der Waals surface area contributed by atoms with Gasteiger partial charge in [-0.15, -0.1) is 0 Å². The molecule has 1 aromatic carbocycles. The van der Waals surface area contributed by atoms with Crippen molar-refractivity contribution in [3.05, 3.63) is 48.4 Å². The zero-order chi connectivity index (χ0) is 28.0. The number of aromatic nitrogens is 5. The summed E-state index contributed by atoms with van der Waals surface area (Å²) in [7, 11) is 1.85. The molecule has 0 spiro atoms. The van der Waals surface area contributed by atoms with Crippen LogP contribution < -0.4 is 10.6 Å². The maximum Gasteiger partial charge on any atom is 0.406 e. The summed E-state index contributed by atoms with van der Waals surface area (Å²) in [5, 5.41) is 10.2. The van der Waals surface area contributed by atoms with Gasteiger partial charge in [-0.25, -0.2) is 9.37 Å². The summed E-state index contributed by atoms with van der Waals surface area (Å²) >= 11 is 0. The third-order valence-electron chi connectivity index (χ3n) is 7.27. The molecule has 212 valence electrons. The Labute approximate surface area is 226 Å². The Morgan fingerprint density at radius 1 is 1.23 bits per heavy atom. The number of imidazole rings is 1. The smallest absolute Gasteiger partial charge is 0.379 e. The summed E-state index contributed by atoms with van der Waals surface area (Å²) in [4.78, 5) is 22.7. The molecule has 2 fully saturated rings. The van der Waals surface area contributed by atoms with Crippen molar-refractivity contribution in [1.82, 2.24) is 34.5 Å².